The summed E-state index contributed by atoms with van der Waals surface area (Å²) < 4.78 is 0. The van der Waals surface area contributed by atoms with E-state index in [0.717, 1.165) is 16.0 Å². The maximum Gasteiger partial charge on any atom is 0.328 e. The fourth-order valence-corrected chi connectivity index (χ4v) is 6.85. The molecule has 0 aliphatic carbocycles. The van der Waals surface area contributed by atoms with Crippen molar-refractivity contribution in [2.75, 3.05) is 13.1 Å². The van der Waals surface area contributed by atoms with Crippen molar-refractivity contribution in [1.82, 2.24) is 14.7 Å². The first-order valence-corrected chi connectivity index (χ1v) is 14.0. The van der Waals surface area contributed by atoms with Crippen LogP contribution in [0.5, 0.6) is 0 Å². The lowest BCUT2D eigenvalue weighted by molar-refractivity contribution is -0.156. The molecule has 2 saturated heterocycles. The Hall–Kier alpha value is -3.65. The van der Waals surface area contributed by atoms with Crippen LogP contribution in [0, 0.1) is 6.92 Å². The Kier molecular flexibility index (Phi) is 7.51. The van der Waals surface area contributed by atoms with Crippen LogP contribution in [-0.2, 0) is 16.1 Å². The second-order valence-electron chi connectivity index (χ2n) is 10.0. The van der Waals surface area contributed by atoms with Gasteiger partial charge < -0.3 is 19.8 Å². The molecule has 3 heterocycles. The monoisotopic (exact) mass is 531 g/mol. The zero-order valence-electron chi connectivity index (χ0n) is 21.7. The van der Waals surface area contributed by atoms with Gasteiger partial charge in [-0.3, -0.25) is 4.79 Å². The van der Waals surface area contributed by atoms with E-state index in [9.17, 15) is 19.5 Å². The summed E-state index contributed by atoms with van der Waals surface area (Å²) >= 11 is 1.66. The minimum atomic E-state index is -1.09. The predicted octanol–water partition coefficient (Wildman–Crippen LogP) is 4.96. The van der Waals surface area contributed by atoms with E-state index in [1.807, 2.05) is 86.6 Å². The number of urea groups is 1. The maximum absolute atomic E-state index is 14.2. The quantitative estimate of drug-likeness (QED) is 0.467. The number of piperazine rings is 1. The Bertz CT molecular complexity index is 1260. The largest absolute Gasteiger partial charge is 0.480 e. The average molecular weight is 532 g/mol. The maximum atomic E-state index is 14.2. The number of likely N-dealkylation sites (tertiary alicyclic amines) is 1. The van der Waals surface area contributed by atoms with E-state index < -0.39 is 24.0 Å². The highest BCUT2D eigenvalue weighted by molar-refractivity contribution is 7.11. The number of benzene rings is 2. The van der Waals surface area contributed by atoms with Gasteiger partial charge in [-0.1, -0.05) is 60.7 Å². The first kappa shape index (κ1) is 26.0. The molecule has 7 nitrogen and oxygen atoms in total. The molecule has 2 bridgehead atoms. The molecule has 1 N–H and O–H groups in total. The summed E-state index contributed by atoms with van der Waals surface area (Å²) in [4.78, 5) is 48.0. The van der Waals surface area contributed by atoms with Crippen molar-refractivity contribution >= 4 is 29.2 Å². The van der Waals surface area contributed by atoms with Crippen LogP contribution in [0.2, 0.25) is 0 Å². The topological polar surface area (TPSA) is 81.2 Å². The van der Waals surface area contributed by atoms with Gasteiger partial charge in [-0.15, -0.1) is 11.3 Å². The fraction of sp³-hybridized carbons (Fsp3) is 0.367. The molecule has 2 aliphatic rings. The zero-order valence-corrected chi connectivity index (χ0v) is 22.5. The summed E-state index contributed by atoms with van der Waals surface area (Å²) in [6.45, 7) is 5.21. The number of carboxylic acids is 1. The molecule has 2 fully saturated rings. The van der Waals surface area contributed by atoms with E-state index in [1.54, 1.807) is 21.1 Å². The lowest BCUT2D eigenvalue weighted by atomic mass is 9.88. The average Bonchev–Trinajstić information content (AvgIpc) is 3.48. The van der Waals surface area contributed by atoms with Crippen molar-refractivity contribution in [2.24, 2.45) is 0 Å². The van der Waals surface area contributed by atoms with Gasteiger partial charge in [0.1, 0.15) is 6.04 Å². The van der Waals surface area contributed by atoms with E-state index in [2.05, 4.69) is 0 Å². The Morgan fingerprint density at radius 1 is 0.974 bits per heavy atom. The number of thiophene rings is 1. The summed E-state index contributed by atoms with van der Waals surface area (Å²) in [6.07, 6.45) is 1.25. The number of aliphatic carboxylic acids is 1. The van der Waals surface area contributed by atoms with Crippen LogP contribution in [0.3, 0.4) is 0 Å². The van der Waals surface area contributed by atoms with Crippen molar-refractivity contribution in [3.63, 3.8) is 0 Å². The third kappa shape index (κ3) is 4.92. The summed E-state index contributed by atoms with van der Waals surface area (Å²) in [7, 11) is 0. The Morgan fingerprint density at radius 2 is 1.61 bits per heavy atom. The van der Waals surface area contributed by atoms with Crippen LogP contribution in [0.15, 0.2) is 72.8 Å². The summed E-state index contributed by atoms with van der Waals surface area (Å²) in [5.41, 5.74) is 1.64. The predicted molar refractivity (Wildman–Crippen MR) is 147 cm³/mol. The Morgan fingerprint density at radius 3 is 2.13 bits per heavy atom. The molecule has 2 aliphatic heterocycles. The highest BCUT2D eigenvalue weighted by Crippen LogP contribution is 2.38. The van der Waals surface area contributed by atoms with Gasteiger partial charge in [-0.05, 0) is 49.9 Å². The number of carbonyl (C=O) groups is 3. The second kappa shape index (κ2) is 11.0. The van der Waals surface area contributed by atoms with Gasteiger partial charge in [0.05, 0.1) is 24.5 Å². The van der Waals surface area contributed by atoms with Crippen molar-refractivity contribution < 1.29 is 19.5 Å². The molecule has 198 valence electrons. The number of carbonyl (C=O) groups excluding carboxylic acids is 2. The molecule has 0 unspecified atom stereocenters. The summed E-state index contributed by atoms with van der Waals surface area (Å²) in [5, 5.41) is 10.4. The molecule has 3 aromatic rings. The number of fused-ring (bicyclic) bond motifs is 2. The molecule has 38 heavy (non-hydrogen) atoms. The van der Waals surface area contributed by atoms with Crippen molar-refractivity contribution in [3.05, 3.63) is 93.7 Å². The summed E-state index contributed by atoms with van der Waals surface area (Å²) in [6, 6.07) is 21.1. The number of amides is 3. The van der Waals surface area contributed by atoms with Gasteiger partial charge in [-0.25, -0.2) is 9.59 Å². The molecule has 3 atom stereocenters. The number of nitrogens with zero attached hydrogens (tertiary/aromatic N) is 3. The minimum Gasteiger partial charge on any atom is -0.480 e. The standard InChI is InChI=1S/C30H33N3O4S/c1-3-31(19-24-16-14-20(2)38-24)30(37)33-23-15-17-25(33)27(29(35)36)32(18-23)28(34)26(21-10-6-4-7-11-21)22-12-8-5-9-13-22/h4-14,16,23,25-27H,3,15,17-19H2,1-2H3,(H,35,36)/t23-,25+,27-/m0/s1. The molecule has 3 amide bonds. The van der Waals surface area contributed by atoms with Gasteiger partial charge in [0.2, 0.25) is 5.91 Å². The van der Waals surface area contributed by atoms with Gasteiger partial charge in [0, 0.05) is 22.8 Å². The second-order valence-corrected chi connectivity index (χ2v) is 11.4. The smallest absolute Gasteiger partial charge is 0.328 e. The van der Waals surface area contributed by atoms with Crippen molar-refractivity contribution in [1.29, 1.82) is 0 Å². The lowest BCUT2D eigenvalue weighted by Gasteiger charge is -2.47. The van der Waals surface area contributed by atoms with Crippen LogP contribution in [0.4, 0.5) is 4.79 Å². The number of aryl methyl sites for hydroxylation is 1. The first-order valence-electron chi connectivity index (χ1n) is 13.1. The SMILES string of the molecule is CCN(Cc1ccc(C)s1)C(=O)N1[C@H]2CC[C@@H]1[C@@H](C(=O)O)N(C(=O)C(c1ccccc1)c1ccccc1)C2. The fourth-order valence-electron chi connectivity index (χ4n) is 5.94. The van der Waals surface area contributed by atoms with Crippen LogP contribution >= 0.6 is 11.3 Å². The van der Waals surface area contributed by atoms with Crippen LogP contribution in [0.1, 0.15) is 46.6 Å². The van der Waals surface area contributed by atoms with Crippen LogP contribution < -0.4 is 0 Å². The summed E-state index contributed by atoms with van der Waals surface area (Å²) in [5.74, 6) is -1.92. The molecule has 8 heteroatoms. The van der Waals surface area contributed by atoms with Crippen molar-refractivity contribution in [3.8, 4) is 0 Å². The number of carboxylic acid groups (broad SMARTS) is 1. The van der Waals surface area contributed by atoms with E-state index in [-0.39, 0.29) is 24.5 Å². The van der Waals surface area contributed by atoms with Crippen molar-refractivity contribution in [2.45, 2.75) is 57.3 Å². The number of hydrogen-bond donors (Lipinski definition) is 1. The zero-order chi connectivity index (χ0) is 26.8. The highest BCUT2D eigenvalue weighted by atomic mass is 32.1. The first-order chi connectivity index (χ1) is 18.4. The third-order valence-electron chi connectivity index (χ3n) is 7.72. The van der Waals surface area contributed by atoms with Gasteiger partial charge >= 0.3 is 12.0 Å². The molecule has 1 aromatic heterocycles. The molecule has 0 saturated carbocycles. The van der Waals surface area contributed by atoms with Crippen LogP contribution in [-0.4, -0.2) is 68.9 Å². The van der Waals surface area contributed by atoms with E-state index >= 15 is 0 Å². The van der Waals surface area contributed by atoms with E-state index in [0.29, 0.717) is 25.9 Å². The molecule has 0 spiro atoms. The molecular weight excluding hydrogens is 498 g/mol. The molecule has 2 aromatic carbocycles. The van der Waals surface area contributed by atoms with Crippen LogP contribution in [0.25, 0.3) is 0 Å². The molecule has 5 rings (SSSR count). The lowest BCUT2D eigenvalue weighted by Crippen LogP contribution is -2.66. The highest BCUT2D eigenvalue weighted by Gasteiger charge is 2.54. The van der Waals surface area contributed by atoms with Gasteiger partial charge in [-0.2, -0.15) is 0 Å². The Labute approximate surface area is 227 Å². The number of rotatable bonds is 7. The normalized spacial score (nSPS) is 20.6. The van der Waals surface area contributed by atoms with E-state index in [1.165, 1.54) is 9.78 Å². The van der Waals surface area contributed by atoms with Gasteiger partial charge in [0.25, 0.3) is 0 Å². The number of hydrogen-bond acceptors (Lipinski definition) is 4. The van der Waals surface area contributed by atoms with Gasteiger partial charge in [0.15, 0.2) is 0 Å². The molecule has 0 radical (unpaired) electrons. The third-order valence-corrected chi connectivity index (χ3v) is 8.70. The van der Waals surface area contributed by atoms with E-state index in [4.69, 9.17) is 0 Å². The molecular formula is C30H33N3O4S. The Balaban J connectivity index is 1.44. The minimum absolute atomic E-state index is 0.146.